The van der Waals surface area contributed by atoms with Crippen molar-refractivity contribution < 1.29 is 0 Å². The molecule has 0 radical (unpaired) electrons. The summed E-state index contributed by atoms with van der Waals surface area (Å²) < 4.78 is 1.82. The fraction of sp³-hybridized carbons (Fsp3) is 0.571. The molecule has 1 fully saturated rings. The minimum Gasteiger partial charge on any atom is -0.350 e. The zero-order valence-electron chi connectivity index (χ0n) is 11.0. The number of nitrogens with zero attached hydrogens (tertiary/aromatic N) is 3. The number of pyridine rings is 1. The molecular formula is C14H20N4. The van der Waals surface area contributed by atoms with Gasteiger partial charge in [0, 0.05) is 12.2 Å². The molecule has 3 atom stereocenters. The number of hydrogen-bond donors (Lipinski definition) is 1. The van der Waals surface area contributed by atoms with E-state index in [1.165, 1.54) is 19.3 Å². The van der Waals surface area contributed by atoms with E-state index in [1.54, 1.807) is 0 Å². The molecule has 1 saturated carbocycles. The summed E-state index contributed by atoms with van der Waals surface area (Å²) in [6.45, 7) is 4.67. The van der Waals surface area contributed by atoms with E-state index in [4.69, 9.17) is 0 Å². The Kier molecular flexibility index (Phi) is 2.94. The van der Waals surface area contributed by atoms with Crippen LogP contribution in [-0.2, 0) is 0 Å². The minimum atomic E-state index is 0.506. The Hall–Kier alpha value is -1.58. The number of rotatable bonds is 2. The van der Waals surface area contributed by atoms with E-state index in [-0.39, 0.29) is 0 Å². The van der Waals surface area contributed by atoms with E-state index in [0.717, 1.165) is 17.5 Å². The quantitative estimate of drug-likeness (QED) is 0.883. The normalized spacial score (nSPS) is 28.4. The summed E-state index contributed by atoms with van der Waals surface area (Å²) >= 11 is 0. The lowest BCUT2D eigenvalue weighted by atomic mass is 9.78. The SMILES string of the molecule is CC1CCCC(Nc2nc3ccccn3n2)C1C. The fourth-order valence-corrected chi connectivity index (χ4v) is 2.84. The van der Waals surface area contributed by atoms with E-state index >= 15 is 0 Å². The second-order valence-corrected chi connectivity index (χ2v) is 5.46. The molecule has 2 heterocycles. The van der Waals surface area contributed by atoms with Gasteiger partial charge in [0.25, 0.3) is 0 Å². The van der Waals surface area contributed by atoms with Crippen molar-refractivity contribution in [3.8, 4) is 0 Å². The molecule has 2 aromatic rings. The first-order chi connectivity index (χ1) is 8.74. The highest BCUT2D eigenvalue weighted by Crippen LogP contribution is 2.31. The number of aromatic nitrogens is 3. The van der Waals surface area contributed by atoms with Crippen molar-refractivity contribution in [3.05, 3.63) is 24.4 Å². The third-order valence-electron chi connectivity index (χ3n) is 4.26. The predicted octanol–water partition coefficient (Wildman–Crippen LogP) is 2.97. The highest BCUT2D eigenvalue weighted by molar-refractivity contribution is 5.43. The topological polar surface area (TPSA) is 42.2 Å². The zero-order valence-corrected chi connectivity index (χ0v) is 11.0. The summed E-state index contributed by atoms with van der Waals surface area (Å²) in [6, 6.07) is 6.44. The zero-order chi connectivity index (χ0) is 12.5. The van der Waals surface area contributed by atoms with Crippen molar-refractivity contribution in [2.24, 2.45) is 11.8 Å². The Morgan fingerprint density at radius 2 is 2.17 bits per heavy atom. The maximum absolute atomic E-state index is 4.51. The van der Waals surface area contributed by atoms with Gasteiger partial charge in [0.2, 0.25) is 5.95 Å². The largest absolute Gasteiger partial charge is 0.350 e. The van der Waals surface area contributed by atoms with Crippen LogP contribution in [0.2, 0.25) is 0 Å². The van der Waals surface area contributed by atoms with Gasteiger partial charge in [-0.25, -0.2) is 4.52 Å². The predicted molar refractivity (Wildman–Crippen MR) is 72.6 cm³/mol. The first-order valence-corrected chi connectivity index (χ1v) is 6.82. The average molecular weight is 244 g/mol. The third kappa shape index (κ3) is 2.07. The first kappa shape index (κ1) is 11.5. The molecule has 0 saturated heterocycles. The molecule has 0 bridgehead atoms. The van der Waals surface area contributed by atoms with Crippen molar-refractivity contribution in [1.29, 1.82) is 0 Å². The van der Waals surface area contributed by atoms with Gasteiger partial charge < -0.3 is 5.32 Å². The van der Waals surface area contributed by atoms with Crippen molar-refractivity contribution >= 4 is 11.6 Å². The van der Waals surface area contributed by atoms with Crippen LogP contribution in [-0.4, -0.2) is 20.6 Å². The van der Waals surface area contributed by atoms with Gasteiger partial charge in [-0.1, -0.05) is 32.8 Å². The third-order valence-corrected chi connectivity index (χ3v) is 4.26. The van der Waals surface area contributed by atoms with E-state index in [0.29, 0.717) is 12.0 Å². The smallest absolute Gasteiger partial charge is 0.243 e. The second kappa shape index (κ2) is 4.59. The maximum atomic E-state index is 4.51. The minimum absolute atomic E-state index is 0.506. The molecule has 18 heavy (non-hydrogen) atoms. The van der Waals surface area contributed by atoms with Crippen molar-refractivity contribution in [3.63, 3.8) is 0 Å². The molecule has 1 aliphatic carbocycles. The molecule has 4 heteroatoms. The molecule has 3 rings (SSSR count). The molecule has 4 nitrogen and oxygen atoms in total. The molecule has 2 aromatic heterocycles. The highest BCUT2D eigenvalue weighted by Gasteiger charge is 2.27. The van der Waals surface area contributed by atoms with Gasteiger partial charge in [-0.2, -0.15) is 4.98 Å². The summed E-state index contributed by atoms with van der Waals surface area (Å²) in [5, 5.41) is 7.97. The second-order valence-electron chi connectivity index (χ2n) is 5.46. The van der Waals surface area contributed by atoms with Crippen LogP contribution < -0.4 is 5.32 Å². The van der Waals surface area contributed by atoms with E-state index in [1.807, 2.05) is 28.9 Å². The Morgan fingerprint density at radius 3 is 3.00 bits per heavy atom. The number of hydrogen-bond acceptors (Lipinski definition) is 3. The maximum Gasteiger partial charge on any atom is 0.243 e. The van der Waals surface area contributed by atoms with Crippen molar-refractivity contribution in [2.75, 3.05) is 5.32 Å². The summed E-state index contributed by atoms with van der Waals surface area (Å²) in [4.78, 5) is 4.51. The molecule has 1 aliphatic rings. The van der Waals surface area contributed by atoms with Gasteiger partial charge in [-0.05, 0) is 30.4 Å². The van der Waals surface area contributed by atoms with Gasteiger partial charge in [0.15, 0.2) is 5.65 Å². The van der Waals surface area contributed by atoms with Gasteiger partial charge >= 0.3 is 0 Å². The van der Waals surface area contributed by atoms with Gasteiger partial charge in [-0.15, -0.1) is 5.10 Å². The fourth-order valence-electron chi connectivity index (χ4n) is 2.84. The molecule has 0 spiro atoms. The summed E-state index contributed by atoms with van der Waals surface area (Å²) in [6.07, 6.45) is 5.80. The summed E-state index contributed by atoms with van der Waals surface area (Å²) in [7, 11) is 0. The van der Waals surface area contributed by atoms with E-state index < -0.39 is 0 Å². The van der Waals surface area contributed by atoms with Crippen LogP contribution in [0.5, 0.6) is 0 Å². The first-order valence-electron chi connectivity index (χ1n) is 6.82. The van der Waals surface area contributed by atoms with E-state index in [9.17, 15) is 0 Å². The highest BCUT2D eigenvalue weighted by atomic mass is 15.3. The Morgan fingerprint density at radius 1 is 1.28 bits per heavy atom. The van der Waals surface area contributed by atoms with Crippen LogP contribution in [0.15, 0.2) is 24.4 Å². The monoisotopic (exact) mass is 244 g/mol. The molecule has 96 valence electrons. The number of nitrogens with one attached hydrogen (secondary N) is 1. The summed E-state index contributed by atoms with van der Waals surface area (Å²) in [5.41, 5.74) is 0.900. The Balaban J connectivity index is 1.79. The molecule has 0 aliphatic heterocycles. The molecule has 1 N–H and O–H groups in total. The standard InChI is InChI=1S/C14H20N4/c1-10-6-5-7-12(11(10)2)15-14-16-13-8-3-4-9-18(13)17-14/h3-4,8-12H,5-7H2,1-2H3,(H,15,17). The molecule has 0 amide bonds. The number of fused-ring (bicyclic) bond motifs is 1. The van der Waals surface area contributed by atoms with Crippen molar-refractivity contribution in [1.82, 2.24) is 14.6 Å². The molecule has 3 unspecified atom stereocenters. The lowest BCUT2D eigenvalue weighted by Crippen LogP contribution is -2.35. The average Bonchev–Trinajstić information content (AvgIpc) is 2.77. The van der Waals surface area contributed by atoms with Gasteiger partial charge in [0.1, 0.15) is 0 Å². The number of anilines is 1. The Labute approximate surface area is 107 Å². The van der Waals surface area contributed by atoms with Gasteiger partial charge in [0.05, 0.1) is 0 Å². The molecular weight excluding hydrogens is 224 g/mol. The lowest BCUT2D eigenvalue weighted by Gasteiger charge is -2.34. The van der Waals surface area contributed by atoms with E-state index in [2.05, 4.69) is 29.2 Å². The van der Waals surface area contributed by atoms with Crippen LogP contribution in [0, 0.1) is 11.8 Å². The lowest BCUT2D eigenvalue weighted by molar-refractivity contribution is 0.252. The van der Waals surface area contributed by atoms with Crippen LogP contribution in [0.1, 0.15) is 33.1 Å². The summed E-state index contributed by atoms with van der Waals surface area (Å²) in [5.74, 6) is 2.23. The molecule has 0 aromatic carbocycles. The van der Waals surface area contributed by atoms with Crippen molar-refractivity contribution in [2.45, 2.75) is 39.2 Å². The van der Waals surface area contributed by atoms with Crippen LogP contribution in [0.3, 0.4) is 0 Å². The van der Waals surface area contributed by atoms with Crippen LogP contribution >= 0.6 is 0 Å². The van der Waals surface area contributed by atoms with Gasteiger partial charge in [-0.3, -0.25) is 0 Å². The van der Waals surface area contributed by atoms with Crippen LogP contribution in [0.4, 0.5) is 5.95 Å². The van der Waals surface area contributed by atoms with Crippen LogP contribution in [0.25, 0.3) is 5.65 Å². The Bertz CT molecular complexity index is 500.